The molecule has 0 atom stereocenters. The van der Waals surface area contributed by atoms with Crippen molar-refractivity contribution in [3.63, 3.8) is 0 Å². The molecule has 7 nitrogen and oxygen atoms in total. The largest absolute Gasteiger partial charge is 0.493 e. The summed E-state index contributed by atoms with van der Waals surface area (Å²) in [5.41, 5.74) is 1.54. The summed E-state index contributed by atoms with van der Waals surface area (Å²) in [7, 11) is 2.94. The summed E-state index contributed by atoms with van der Waals surface area (Å²) >= 11 is 0. The lowest BCUT2D eigenvalue weighted by Crippen LogP contribution is -2.14. The molecule has 2 aromatic rings. The molecule has 0 bridgehead atoms. The third kappa shape index (κ3) is 3.70. The highest BCUT2D eigenvalue weighted by molar-refractivity contribution is 5.54. The van der Waals surface area contributed by atoms with Gasteiger partial charge in [0, 0.05) is 31.0 Å². The highest BCUT2D eigenvalue weighted by Crippen LogP contribution is 2.34. The van der Waals surface area contributed by atoms with Crippen molar-refractivity contribution in [1.29, 1.82) is 0 Å². The molecule has 116 valence electrons. The average Bonchev–Trinajstić information content (AvgIpc) is 2.55. The molecule has 2 rings (SSSR count). The van der Waals surface area contributed by atoms with Crippen molar-refractivity contribution in [1.82, 2.24) is 10.3 Å². The summed E-state index contributed by atoms with van der Waals surface area (Å²) < 4.78 is 10.3. The predicted octanol–water partition coefficient (Wildman–Crippen LogP) is 2.30. The maximum atomic E-state index is 11.2. The molecule has 0 saturated carbocycles. The Labute approximate surface area is 128 Å². The van der Waals surface area contributed by atoms with Crippen LogP contribution in [0.3, 0.4) is 0 Å². The first-order valence-electron chi connectivity index (χ1n) is 6.64. The number of benzene rings is 1. The Bertz CT molecular complexity index is 647. The van der Waals surface area contributed by atoms with Crippen LogP contribution in [0.5, 0.6) is 11.5 Å². The fourth-order valence-electron chi connectivity index (χ4n) is 2.07. The number of methoxy groups -OCH3 is 2. The first-order valence-corrected chi connectivity index (χ1v) is 6.64. The minimum Gasteiger partial charge on any atom is -0.493 e. The molecule has 1 heterocycles. The summed E-state index contributed by atoms with van der Waals surface area (Å²) in [4.78, 5) is 14.8. The molecule has 22 heavy (non-hydrogen) atoms. The Hall–Kier alpha value is -2.67. The maximum absolute atomic E-state index is 11.2. The van der Waals surface area contributed by atoms with Crippen molar-refractivity contribution in [2.75, 3.05) is 14.2 Å². The number of nitrogens with zero attached hydrogens (tertiary/aromatic N) is 2. The molecule has 0 aliphatic rings. The number of nitro groups is 1. The molecule has 0 aliphatic carbocycles. The number of hydrogen-bond donors (Lipinski definition) is 1. The number of nitrogens with one attached hydrogen (secondary N) is 1. The monoisotopic (exact) mass is 303 g/mol. The molecule has 0 amide bonds. The SMILES string of the molecule is COc1cc(CNCc2cccnc2)c([N+](=O)[O-])cc1OC. The molecule has 0 spiro atoms. The van der Waals surface area contributed by atoms with Gasteiger partial charge in [-0.05, 0) is 17.7 Å². The molecule has 7 heteroatoms. The van der Waals surface area contributed by atoms with E-state index in [1.54, 1.807) is 18.5 Å². The Morgan fingerprint density at radius 3 is 2.55 bits per heavy atom. The first kappa shape index (κ1) is 15.7. The van der Waals surface area contributed by atoms with E-state index in [9.17, 15) is 10.1 Å². The summed E-state index contributed by atoms with van der Waals surface area (Å²) in [6, 6.07) is 6.77. The molecule has 0 unspecified atom stereocenters. The van der Waals surface area contributed by atoms with Crippen molar-refractivity contribution in [3.8, 4) is 11.5 Å². The van der Waals surface area contributed by atoms with Gasteiger partial charge in [0.15, 0.2) is 11.5 Å². The Morgan fingerprint density at radius 2 is 1.95 bits per heavy atom. The minimum atomic E-state index is -0.428. The number of rotatable bonds is 7. The third-order valence-electron chi connectivity index (χ3n) is 3.15. The second-order valence-corrected chi connectivity index (χ2v) is 4.56. The van der Waals surface area contributed by atoms with Crippen LogP contribution in [-0.2, 0) is 13.1 Å². The number of nitro benzene ring substituents is 1. The average molecular weight is 303 g/mol. The fourth-order valence-corrected chi connectivity index (χ4v) is 2.07. The molecule has 0 radical (unpaired) electrons. The van der Waals surface area contributed by atoms with Crippen molar-refractivity contribution in [2.24, 2.45) is 0 Å². The van der Waals surface area contributed by atoms with Crippen LogP contribution in [0.2, 0.25) is 0 Å². The standard InChI is InChI=1S/C15H17N3O4/c1-21-14-6-12(13(18(19)20)7-15(14)22-2)10-17-9-11-4-3-5-16-8-11/h3-8,17H,9-10H2,1-2H3. The first-order chi connectivity index (χ1) is 10.7. The van der Waals surface area contributed by atoms with Crippen molar-refractivity contribution >= 4 is 5.69 Å². The number of ether oxygens (including phenoxy) is 2. The van der Waals surface area contributed by atoms with Gasteiger partial charge in [0.05, 0.1) is 25.2 Å². The number of pyridine rings is 1. The molecule has 1 aromatic heterocycles. The topological polar surface area (TPSA) is 86.5 Å². The summed E-state index contributed by atoms with van der Waals surface area (Å²) in [6.07, 6.45) is 3.44. The van der Waals surface area contributed by atoms with Gasteiger partial charge < -0.3 is 14.8 Å². The molecular weight excluding hydrogens is 286 g/mol. The van der Waals surface area contributed by atoms with Gasteiger partial charge in [-0.15, -0.1) is 0 Å². The van der Waals surface area contributed by atoms with Crippen LogP contribution in [0.4, 0.5) is 5.69 Å². The Balaban J connectivity index is 2.16. The van der Waals surface area contributed by atoms with Crippen LogP contribution in [0, 0.1) is 10.1 Å². The molecule has 1 aromatic carbocycles. The lowest BCUT2D eigenvalue weighted by molar-refractivity contribution is -0.385. The second kappa shape index (κ2) is 7.37. The summed E-state index contributed by atoms with van der Waals surface area (Å²) in [6.45, 7) is 0.908. The zero-order valence-corrected chi connectivity index (χ0v) is 12.4. The molecule has 0 fully saturated rings. The van der Waals surface area contributed by atoms with E-state index >= 15 is 0 Å². The van der Waals surface area contributed by atoms with Gasteiger partial charge in [-0.2, -0.15) is 0 Å². The van der Waals surface area contributed by atoms with Gasteiger partial charge in [0.1, 0.15) is 0 Å². The minimum absolute atomic E-state index is 0.00339. The normalized spacial score (nSPS) is 10.3. The van der Waals surface area contributed by atoms with Crippen LogP contribution < -0.4 is 14.8 Å². The van der Waals surface area contributed by atoms with Crippen LogP contribution in [0.25, 0.3) is 0 Å². The molecular formula is C15H17N3O4. The Morgan fingerprint density at radius 1 is 1.23 bits per heavy atom. The zero-order chi connectivity index (χ0) is 15.9. The second-order valence-electron chi connectivity index (χ2n) is 4.56. The van der Waals surface area contributed by atoms with Crippen molar-refractivity contribution in [3.05, 3.63) is 57.9 Å². The van der Waals surface area contributed by atoms with Crippen LogP contribution in [0.15, 0.2) is 36.7 Å². The molecule has 0 aliphatic heterocycles. The van der Waals surface area contributed by atoms with E-state index < -0.39 is 4.92 Å². The lowest BCUT2D eigenvalue weighted by Gasteiger charge is -2.11. The summed E-state index contributed by atoms with van der Waals surface area (Å²) in [5.74, 6) is 0.802. The third-order valence-corrected chi connectivity index (χ3v) is 3.15. The van der Waals surface area contributed by atoms with Crippen LogP contribution in [-0.4, -0.2) is 24.1 Å². The van der Waals surface area contributed by atoms with Gasteiger partial charge in [-0.3, -0.25) is 15.1 Å². The Kier molecular flexibility index (Phi) is 5.26. The highest BCUT2D eigenvalue weighted by Gasteiger charge is 2.19. The zero-order valence-electron chi connectivity index (χ0n) is 12.4. The predicted molar refractivity (Wildman–Crippen MR) is 81.0 cm³/mol. The van der Waals surface area contributed by atoms with Gasteiger partial charge in [0.25, 0.3) is 5.69 Å². The number of hydrogen-bond acceptors (Lipinski definition) is 6. The fraction of sp³-hybridized carbons (Fsp3) is 0.267. The number of aromatic nitrogens is 1. The van der Waals surface area contributed by atoms with E-state index in [4.69, 9.17) is 9.47 Å². The van der Waals surface area contributed by atoms with E-state index in [-0.39, 0.29) is 5.69 Å². The van der Waals surface area contributed by atoms with Gasteiger partial charge in [0.2, 0.25) is 0 Å². The highest BCUT2D eigenvalue weighted by atomic mass is 16.6. The quantitative estimate of drug-likeness (QED) is 0.624. The van der Waals surface area contributed by atoms with E-state index in [2.05, 4.69) is 10.3 Å². The van der Waals surface area contributed by atoms with Crippen molar-refractivity contribution in [2.45, 2.75) is 13.1 Å². The lowest BCUT2D eigenvalue weighted by atomic mass is 10.1. The van der Waals surface area contributed by atoms with Gasteiger partial charge in [-0.25, -0.2) is 0 Å². The van der Waals surface area contributed by atoms with E-state index in [0.29, 0.717) is 30.2 Å². The molecule has 1 N–H and O–H groups in total. The molecule has 0 saturated heterocycles. The van der Waals surface area contributed by atoms with Gasteiger partial charge >= 0.3 is 0 Å². The van der Waals surface area contributed by atoms with Crippen LogP contribution in [0.1, 0.15) is 11.1 Å². The van der Waals surface area contributed by atoms with Crippen molar-refractivity contribution < 1.29 is 14.4 Å². The summed E-state index contributed by atoms with van der Waals surface area (Å²) in [5, 5.41) is 14.4. The van der Waals surface area contributed by atoms with E-state index in [1.165, 1.54) is 20.3 Å². The smallest absolute Gasteiger partial charge is 0.277 e. The van der Waals surface area contributed by atoms with E-state index in [0.717, 1.165) is 5.56 Å². The van der Waals surface area contributed by atoms with Gasteiger partial charge in [-0.1, -0.05) is 6.07 Å². The van der Waals surface area contributed by atoms with E-state index in [1.807, 2.05) is 12.1 Å². The maximum Gasteiger partial charge on any atom is 0.277 e. The van der Waals surface area contributed by atoms with Crippen LogP contribution >= 0.6 is 0 Å².